The van der Waals surface area contributed by atoms with E-state index < -0.39 is 0 Å². The zero-order valence-electron chi connectivity index (χ0n) is 8.01. The lowest BCUT2D eigenvalue weighted by Crippen LogP contribution is -2.23. The second-order valence-corrected chi connectivity index (χ2v) is 4.17. The highest BCUT2D eigenvalue weighted by Gasteiger charge is 1.99. The quantitative estimate of drug-likeness (QED) is 0.462. The zero-order valence-corrected chi connectivity index (χ0v) is 8.82. The first-order chi connectivity index (χ1) is 5.81. The molecule has 0 saturated carbocycles. The Hall–Kier alpha value is 0.01000. The molecule has 0 heterocycles. The summed E-state index contributed by atoms with van der Waals surface area (Å²) in [7, 11) is 1.74. The van der Waals surface area contributed by atoms with E-state index in [0.29, 0.717) is 5.25 Å². The minimum Gasteiger partial charge on any atom is -0.384 e. The van der Waals surface area contributed by atoms with Crippen LogP contribution < -0.4 is 5.32 Å². The third kappa shape index (κ3) is 8.11. The van der Waals surface area contributed by atoms with Gasteiger partial charge in [-0.2, -0.15) is 11.8 Å². The second kappa shape index (κ2) is 9.10. The number of hydrogen-bond donors (Lipinski definition) is 1. The molecule has 1 atom stereocenters. The SMILES string of the molecule is C=CCNCC(C)SCCOC. The fourth-order valence-corrected chi connectivity index (χ4v) is 1.68. The molecule has 0 aromatic carbocycles. The molecular weight excluding hydrogens is 170 g/mol. The molecule has 0 aliphatic carbocycles. The standard InChI is InChI=1S/C9H19NOS/c1-4-5-10-8-9(2)12-7-6-11-3/h4,9-10H,1,5-8H2,2-3H3. The third-order valence-electron chi connectivity index (χ3n) is 1.41. The lowest BCUT2D eigenvalue weighted by atomic mass is 10.4. The largest absolute Gasteiger partial charge is 0.384 e. The zero-order chi connectivity index (χ0) is 9.23. The first kappa shape index (κ1) is 12.0. The van der Waals surface area contributed by atoms with E-state index in [1.165, 1.54) is 0 Å². The monoisotopic (exact) mass is 189 g/mol. The first-order valence-corrected chi connectivity index (χ1v) is 5.28. The minimum atomic E-state index is 0.653. The van der Waals surface area contributed by atoms with Gasteiger partial charge in [-0.25, -0.2) is 0 Å². The molecule has 0 fully saturated rings. The Labute approximate surface area is 79.8 Å². The van der Waals surface area contributed by atoms with Crippen molar-refractivity contribution >= 4 is 11.8 Å². The molecule has 0 radical (unpaired) electrons. The first-order valence-electron chi connectivity index (χ1n) is 4.23. The normalized spacial score (nSPS) is 12.8. The summed E-state index contributed by atoms with van der Waals surface area (Å²) in [6.45, 7) is 8.65. The van der Waals surface area contributed by atoms with Crippen LogP contribution in [0.25, 0.3) is 0 Å². The topological polar surface area (TPSA) is 21.3 Å². The maximum absolute atomic E-state index is 4.96. The van der Waals surface area contributed by atoms with Crippen molar-refractivity contribution in [1.82, 2.24) is 5.32 Å². The van der Waals surface area contributed by atoms with E-state index in [2.05, 4.69) is 18.8 Å². The van der Waals surface area contributed by atoms with Crippen LogP contribution in [-0.4, -0.2) is 37.8 Å². The molecule has 0 spiro atoms. The summed E-state index contributed by atoms with van der Waals surface area (Å²) < 4.78 is 4.96. The summed E-state index contributed by atoms with van der Waals surface area (Å²) in [5, 5.41) is 3.93. The van der Waals surface area contributed by atoms with E-state index in [9.17, 15) is 0 Å². The van der Waals surface area contributed by atoms with Gasteiger partial charge in [-0.3, -0.25) is 0 Å². The van der Waals surface area contributed by atoms with Gasteiger partial charge < -0.3 is 10.1 Å². The van der Waals surface area contributed by atoms with Crippen LogP contribution in [0.4, 0.5) is 0 Å². The predicted octanol–water partition coefficient (Wildman–Crippen LogP) is 1.53. The van der Waals surface area contributed by atoms with E-state index in [1.807, 2.05) is 17.8 Å². The number of methoxy groups -OCH3 is 1. The van der Waals surface area contributed by atoms with Gasteiger partial charge >= 0.3 is 0 Å². The summed E-state index contributed by atoms with van der Waals surface area (Å²) in [6, 6.07) is 0. The average Bonchev–Trinajstić information content (AvgIpc) is 2.06. The summed E-state index contributed by atoms with van der Waals surface area (Å²) >= 11 is 1.93. The van der Waals surface area contributed by atoms with Crippen molar-refractivity contribution in [3.8, 4) is 0 Å². The molecule has 12 heavy (non-hydrogen) atoms. The Balaban J connectivity index is 3.09. The number of thioether (sulfide) groups is 1. The van der Waals surface area contributed by atoms with Crippen LogP contribution in [0.5, 0.6) is 0 Å². The molecule has 1 N–H and O–H groups in total. The van der Waals surface area contributed by atoms with E-state index >= 15 is 0 Å². The van der Waals surface area contributed by atoms with Crippen molar-refractivity contribution in [3.05, 3.63) is 12.7 Å². The van der Waals surface area contributed by atoms with Gasteiger partial charge in [0, 0.05) is 31.2 Å². The molecule has 0 saturated heterocycles. The molecule has 0 aliphatic rings. The van der Waals surface area contributed by atoms with Crippen LogP contribution in [-0.2, 0) is 4.74 Å². The van der Waals surface area contributed by atoms with Crippen LogP contribution in [0.1, 0.15) is 6.92 Å². The van der Waals surface area contributed by atoms with E-state index in [-0.39, 0.29) is 0 Å². The van der Waals surface area contributed by atoms with Gasteiger partial charge in [0.05, 0.1) is 6.61 Å². The summed E-state index contributed by atoms with van der Waals surface area (Å²) in [5.74, 6) is 1.08. The second-order valence-electron chi connectivity index (χ2n) is 2.62. The fourth-order valence-electron chi connectivity index (χ4n) is 0.780. The molecule has 3 heteroatoms. The fraction of sp³-hybridized carbons (Fsp3) is 0.778. The van der Waals surface area contributed by atoms with Gasteiger partial charge in [-0.15, -0.1) is 6.58 Å². The Morgan fingerprint density at radius 3 is 3.00 bits per heavy atom. The van der Waals surface area contributed by atoms with E-state index in [4.69, 9.17) is 4.74 Å². The number of rotatable bonds is 8. The van der Waals surface area contributed by atoms with Crippen molar-refractivity contribution < 1.29 is 4.74 Å². The van der Waals surface area contributed by atoms with E-state index in [0.717, 1.165) is 25.4 Å². The Bertz CT molecular complexity index is 109. The average molecular weight is 189 g/mol. The van der Waals surface area contributed by atoms with Gasteiger partial charge in [-0.1, -0.05) is 13.0 Å². The number of hydrogen-bond acceptors (Lipinski definition) is 3. The molecule has 1 unspecified atom stereocenters. The van der Waals surface area contributed by atoms with Crippen molar-refractivity contribution in [3.63, 3.8) is 0 Å². The predicted molar refractivity (Wildman–Crippen MR) is 56.9 cm³/mol. The Morgan fingerprint density at radius 2 is 2.42 bits per heavy atom. The van der Waals surface area contributed by atoms with E-state index in [1.54, 1.807) is 7.11 Å². The lowest BCUT2D eigenvalue weighted by molar-refractivity contribution is 0.218. The number of nitrogens with one attached hydrogen (secondary N) is 1. The van der Waals surface area contributed by atoms with Crippen molar-refractivity contribution in [2.75, 3.05) is 32.6 Å². The van der Waals surface area contributed by atoms with Gasteiger partial charge in [-0.05, 0) is 0 Å². The van der Waals surface area contributed by atoms with Crippen LogP contribution >= 0.6 is 11.8 Å². The lowest BCUT2D eigenvalue weighted by Gasteiger charge is -2.10. The summed E-state index contributed by atoms with van der Waals surface area (Å²) in [4.78, 5) is 0. The van der Waals surface area contributed by atoms with Gasteiger partial charge in [0.25, 0.3) is 0 Å². The van der Waals surface area contributed by atoms with Gasteiger partial charge in [0.15, 0.2) is 0 Å². The maximum atomic E-state index is 4.96. The molecule has 2 nitrogen and oxygen atoms in total. The van der Waals surface area contributed by atoms with Gasteiger partial charge in [0.1, 0.15) is 0 Å². The summed E-state index contributed by atoms with van der Waals surface area (Å²) in [6.07, 6.45) is 1.88. The maximum Gasteiger partial charge on any atom is 0.0553 e. The molecule has 0 amide bonds. The van der Waals surface area contributed by atoms with Crippen molar-refractivity contribution in [2.24, 2.45) is 0 Å². The molecule has 0 bridgehead atoms. The third-order valence-corrected chi connectivity index (χ3v) is 2.55. The Kier molecular flexibility index (Phi) is 9.11. The molecule has 0 aliphatic heterocycles. The van der Waals surface area contributed by atoms with Crippen molar-refractivity contribution in [1.29, 1.82) is 0 Å². The highest BCUT2D eigenvalue weighted by atomic mass is 32.2. The van der Waals surface area contributed by atoms with Gasteiger partial charge in [0.2, 0.25) is 0 Å². The van der Waals surface area contributed by atoms with Crippen molar-refractivity contribution in [2.45, 2.75) is 12.2 Å². The van der Waals surface area contributed by atoms with Crippen LogP contribution in [0, 0.1) is 0 Å². The minimum absolute atomic E-state index is 0.653. The smallest absolute Gasteiger partial charge is 0.0553 e. The number of ether oxygens (including phenoxy) is 1. The highest BCUT2D eigenvalue weighted by molar-refractivity contribution is 7.99. The molecule has 0 rings (SSSR count). The molecule has 72 valence electrons. The van der Waals surface area contributed by atoms with Crippen LogP contribution in [0.2, 0.25) is 0 Å². The Morgan fingerprint density at radius 1 is 1.67 bits per heavy atom. The molecular formula is C9H19NOS. The molecule has 0 aromatic heterocycles. The summed E-state index contributed by atoms with van der Waals surface area (Å²) in [5.41, 5.74) is 0. The molecule has 0 aromatic rings. The van der Waals surface area contributed by atoms with Crippen LogP contribution in [0.3, 0.4) is 0 Å². The van der Waals surface area contributed by atoms with Crippen LogP contribution in [0.15, 0.2) is 12.7 Å². The highest BCUT2D eigenvalue weighted by Crippen LogP contribution is 2.08.